The van der Waals surface area contributed by atoms with E-state index in [4.69, 9.17) is 0 Å². The first-order valence-electron chi connectivity index (χ1n) is 9.20. The van der Waals surface area contributed by atoms with Gasteiger partial charge in [0.05, 0.1) is 27.5 Å². The zero-order valence-electron chi connectivity index (χ0n) is 15.6. The Morgan fingerprint density at radius 1 is 1.27 bits per heavy atom. The van der Waals surface area contributed by atoms with Crippen LogP contribution in [0.1, 0.15) is 24.0 Å². The number of hydrogen-bond donors (Lipinski definition) is 2. The van der Waals surface area contributed by atoms with Gasteiger partial charge < -0.3 is 10.3 Å². The molecule has 2 N–H and O–H groups in total. The minimum absolute atomic E-state index is 0.0284. The van der Waals surface area contributed by atoms with Crippen LogP contribution < -0.4 is 5.32 Å². The number of rotatable bonds is 5. The molecule has 0 aliphatic heterocycles. The van der Waals surface area contributed by atoms with Gasteiger partial charge in [0.15, 0.2) is 9.84 Å². The second-order valence-corrected chi connectivity index (χ2v) is 9.42. The lowest BCUT2D eigenvalue weighted by Crippen LogP contribution is -2.39. The molecule has 6 nitrogen and oxygen atoms in total. The van der Waals surface area contributed by atoms with Crippen molar-refractivity contribution < 1.29 is 21.6 Å². The first kappa shape index (κ1) is 20.2. The minimum Gasteiger partial charge on any atom is -0.381 e. The Morgan fingerprint density at radius 2 is 2.03 bits per heavy atom. The van der Waals surface area contributed by atoms with Gasteiger partial charge in [-0.25, -0.2) is 13.4 Å². The van der Waals surface area contributed by atoms with E-state index in [9.17, 15) is 26.9 Å². The average Bonchev–Trinajstić information content (AvgIpc) is 3.15. The maximum absolute atomic E-state index is 12.9. The number of halogens is 3. The number of fused-ring (bicyclic) bond motifs is 1. The fraction of sp³-hybridized carbons (Fsp3) is 0.300. The average molecular weight is 434 g/mol. The van der Waals surface area contributed by atoms with E-state index in [0.29, 0.717) is 35.8 Å². The largest absolute Gasteiger partial charge is 0.416 e. The Hall–Kier alpha value is -3.06. The van der Waals surface area contributed by atoms with Crippen molar-refractivity contribution in [3.63, 3.8) is 0 Å². The number of benzene rings is 1. The molecule has 1 aliphatic carbocycles. The van der Waals surface area contributed by atoms with Crippen molar-refractivity contribution in [2.75, 3.05) is 11.1 Å². The lowest BCUT2D eigenvalue weighted by atomic mass is 9.81. The van der Waals surface area contributed by atoms with Crippen LogP contribution in [0.25, 0.3) is 11.0 Å². The third-order valence-corrected chi connectivity index (χ3v) is 7.15. The molecule has 0 saturated heterocycles. The standard InChI is InChI=1S/C20H17F3N4O2S/c21-20(22,23)14-2-1-3-16(8-14)30(28,29)11-12-6-15(7-12)27-18-13(9-24)10-26-19-17(18)4-5-25-19/h1-5,8,10,12,15H,6-7,11H2,(H2,25,26,27). The highest BCUT2D eigenvalue weighted by atomic mass is 32.2. The number of aromatic amines is 1. The number of sulfone groups is 1. The molecule has 0 amide bonds. The molecule has 10 heteroatoms. The van der Waals surface area contributed by atoms with Crippen molar-refractivity contribution in [1.82, 2.24) is 9.97 Å². The van der Waals surface area contributed by atoms with Crippen molar-refractivity contribution in [2.24, 2.45) is 5.92 Å². The summed E-state index contributed by atoms with van der Waals surface area (Å²) in [7, 11) is -3.83. The van der Waals surface area contributed by atoms with Gasteiger partial charge >= 0.3 is 6.18 Å². The third kappa shape index (κ3) is 3.85. The summed E-state index contributed by atoms with van der Waals surface area (Å²) in [5.41, 5.74) is 0.698. The van der Waals surface area contributed by atoms with Gasteiger partial charge in [-0.15, -0.1) is 0 Å². The van der Waals surface area contributed by atoms with Crippen molar-refractivity contribution in [3.05, 3.63) is 53.9 Å². The van der Waals surface area contributed by atoms with Crippen LogP contribution in [0.15, 0.2) is 47.6 Å². The molecule has 3 aromatic rings. The van der Waals surface area contributed by atoms with Crippen LogP contribution in [-0.4, -0.2) is 30.2 Å². The lowest BCUT2D eigenvalue weighted by Gasteiger charge is -2.36. The molecule has 1 aliphatic rings. The predicted molar refractivity (Wildman–Crippen MR) is 104 cm³/mol. The predicted octanol–water partition coefficient (Wildman–Crippen LogP) is 4.12. The third-order valence-electron chi connectivity index (χ3n) is 5.27. The van der Waals surface area contributed by atoms with Crippen LogP contribution in [0.3, 0.4) is 0 Å². The minimum atomic E-state index is -4.59. The van der Waals surface area contributed by atoms with Gasteiger partial charge in [-0.05, 0) is 43.0 Å². The zero-order chi connectivity index (χ0) is 21.5. The number of aromatic nitrogens is 2. The van der Waals surface area contributed by atoms with Crippen molar-refractivity contribution in [3.8, 4) is 6.07 Å². The fourth-order valence-electron chi connectivity index (χ4n) is 3.71. The van der Waals surface area contributed by atoms with Crippen molar-refractivity contribution >= 4 is 26.6 Å². The molecule has 0 unspecified atom stereocenters. The first-order chi connectivity index (χ1) is 14.2. The molecule has 156 valence electrons. The summed E-state index contributed by atoms with van der Waals surface area (Å²) in [4.78, 5) is 6.83. The Kier molecular flexibility index (Phi) is 4.94. The van der Waals surface area contributed by atoms with Gasteiger partial charge in [0, 0.05) is 23.8 Å². The highest BCUT2D eigenvalue weighted by Gasteiger charge is 2.35. The summed E-state index contributed by atoms with van der Waals surface area (Å²) < 4.78 is 63.8. The Labute approximate surface area is 170 Å². The number of alkyl halides is 3. The van der Waals surface area contributed by atoms with E-state index >= 15 is 0 Å². The van der Waals surface area contributed by atoms with E-state index in [0.717, 1.165) is 17.5 Å². The van der Waals surface area contributed by atoms with Gasteiger partial charge in [-0.2, -0.15) is 18.4 Å². The van der Waals surface area contributed by atoms with E-state index < -0.39 is 21.6 Å². The van der Waals surface area contributed by atoms with E-state index in [-0.39, 0.29) is 22.6 Å². The Balaban J connectivity index is 1.44. The number of nitriles is 1. The summed E-state index contributed by atoms with van der Waals surface area (Å²) in [6.45, 7) is 0. The maximum atomic E-state index is 12.9. The zero-order valence-corrected chi connectivity index (χ0v) is 16.4. The highest BCUT2D eigenvalue weighted by molar-refractivity contribution is 7.91. The maximum Gasteiger partial charge on any atom is 0.416 e. The topological polar surface area (TPSA) is 98.6 Å². The summed E-state index contributed by atoms with van der Waals surface area (Å²) in [5.74, 6) is -0.385. The second kappa shape index (κ2) is 7.32. The second-order valence-electron chi connectivity index (χ2n) is 7.38. The quantitative estimate of drug-likeness (QED) is 0.630. The van der Waals surface area contributed by atoms with Gasteiger partial charge in [0.2, 0.25) is 0 Å². The molecule has 1 saturated carbocycles. The summed E-state index contributed by atoms with van der Waals surface area (Å²) in [6.07, 6.45) is -0.331. The van der Waals surface area contributed by atoms with E-state index in [1.54, 1.807) is 12.3 Å². The van der Waals surface area contributed by atoms with Crippen LogP contribution in [-0.2, 0) is 16.0 Å². The van der Waals surface area contributed by atoms with Gasteiger partial charge in [-0.1, -0.05) is 6.07 Å². The van der Waals surface area contributed by atoms with Crippen LogP contribution in [0.5, 0.6) is 0 Å². The molecule has 0 radical (unpaired) electrons. The SMILES string of the molecule is N#Cc1cnc2[nH]ccc2c1NC1CC(CS(=O)(=O)c2cccc(C(F)(F)F)c2)C1. The van der Waals surface area contributed by atoms with E-state index in [1.807, 2.05) is 0 Å². The molecule has 30 heavy (non-hydrogen) atoms. The van der Waals surface area contributed by atoms with Crippen LogP contribution >= 0.6 is 0 Å². The molecule has 2 heterocycles. The molecule has 0 atom stereocenters. The number of hydrogen-bond acceptors (Lipinski definition) is 5. The molecule has 0 spiro atoms. The summed E-state index contributed by atoms with van der Waals surface area (Å²) in [6, 6.07) is 7.70. The molecular formula is C20H17F3N4O2S. The van der Waals surface area contributed by atoms with Crippen molar-refractivity contribution in [2.45, 2.75) is 30.0 Å². The number of nitrogens with zero attached hydrogens (tertiary/aromatic N) is 2. The molecule has 1 aromatic carbocycles. The van der Waals surface area contributed by atoms with Gasteiger partial charge in [-0.3, -0.25) is 0 Å². The van der Waals surface area contributed by atoms with Gasteiger partial charge in [0.1, 0.15) is 11.7 Å². The molecule has 2 aromatic heterocycles. The molecule has 1 fully saturated rings. The molecular weight excluding hydrogens is 417 g/mol. The Morgan fingerprint density at radius 3 is 2.73 bits per heavy atom. The summed E-state index contributed by atoms with van der Waals surface area (Å²) in [5, 5.41) is 13.4. The number of nitrogens with one attached hydrogen (secondary N) is 2. The van der Waals surface area contributed by atoms with Gasteiger partial charge in [0.25, 0.3) is 0 Å². The molecule has 4 rings (SSSR count). The monoisotopic (exact) mass is 434 g/mol. The smallest absolute Gasteiger partial charge is 0.381 e. The normalized spacial score (nSPS) is 19.3. The lowest BCUT2D eigenvalue weighted by molar-refractivity contribution is -0.137. The number of H-pyrrole nitrogens is 1. The first-order valence-corrected chi connectivity index (χ1v) is 10.9. The van der Waals surface area contributed by atoms with Crippen LogP contribution in [0, 0.1) is 17.2 Å². The van der Waals surface area contributed by atoms with E-state index in [1.165, 1.54) is 12.3 Å². The van der Waals surface area contributed by atoms with Crippen LogP contribution in [0.4, 0.5) is 18.9 Å². The van der Waals surface area contributed by atoms with Crippen LogP contribution in [0.2, 0.25) is 0 Å². The fourth-order valence-corrected chi connectivity index (χ4v) is 5.39. The number of pyridine rings is 1. The highest BCUT2D eigenvalue weighted by Crippen LogP contribution is 2.36. The van der Waals surface area contributed by atoms with E-state index in [2.05, 4.69) is 21.4 Å². The molecule has 0 bridgehead atoms. The summed E-state index contributed by atoms with van der Waals surface area (Å²) >= 11 is 0. The number of anilines is 1. The Bertz CT molecular complexity index is 1240. The van der Waals surface area contributed by atoms with Crippen molar-refractivity contribution in [1.29, 1.82) is 5.26 Å².